The third kappa shape index (κ3) is 5.39. The van der Waals surface area contributed by atoms with E-state index in [1.807, 2.05) is 0 Å². The molecule has 0 amide bonds. The van der Waals surface area contributed by atoms with Gasteiger partial charge in [-0.05, 0) is 25.7 Å². The molecule has 1 rings (SSSR count). The summed E-state index contributed by atoms with van der Waals surface area (Å²) >= 11 is 0. The van der Waals surface area contributed by atoms with E-state index < -0.39 is 0 Å². The lowest BCUT2D eigenvalue weighted by atomic mass is 9.95. The summed E-state index contributed by atoms with van der Waals surface area (Å²) in [6.45, 7) is 7.62. The van der Waals surface area contributed by atoms with Gasteiger partial charge < -0.3 is 9.47 Å². The van der Waals surface area contributed by atoms with Crippen LogP contribution in [0.25, 0.3) is 0 Å². The van der Waals surface area contributed by atoms with E-state index in [4.69, 9.17) is 9.47 Å². The Morgan fingerprint density at radius 1 is 0.941 bits per heavy atom. The molecule has 0 unspecified atom stereocenters. The zero-order valence-electron chi connectivity index (χ0n) is 11.9. The monoisotopic (exact) mass is 242 g/mol. The lowest BCUT2D eigenvalue weighted by molar-refractivity contribution is -0.240. The predicted octanol–water partition coefficient (Wildman–Crippen LogP) is 4.52. The third-order valence-corrected chi connectivity index (χ3v) is 3.74. The van der Waals surface area contributed by atoms with Crippen LogP contribution in [0.5, 0.6) is 0 Å². The molecule has 2 nitrogen and oxygen atoms in total. The average Bonchev–Trinajstić information content (AvgIpc) is 2.35. The SMILES string of the molecule is CCCCCC[C@@H]1OC[C@H](CC)[C@H](CCC)O1. The van der Waals surface area contributed by atoms with Crippen molar-refractivity contribution < 1.29 is 9.47 Å². The Balaban J connectivity index is 2.24. The highest BCUT2D eigenvalue weighted by Gasteiger charge is 2.29. The van der Waals surface area contributed by atoms with Crippen LogP contribution < -0.4 is 0 Å². The molecule has 0 radical (unpaired) electrons. The molecule has 0 aromatic carbocycles. The van der Waals surface area contributed by atoms with Gasteiger partial charge in [0.2, 0.25) is 0 Å². The van der Waals surface area contributed by atoms with Gasteiger partial charge in [-0.2, -0.15) is 0 Å². The van der Waals surface area contributed by atoms with Gasteiger partial charge in [-0.1, -0.05) is 46.5 Å². The number of unbranched alkanes of at least 4 members (excludes halogenated alkanes) is 3. The molecular weight excluding hydrogens is 212 g/mol. The molecule has 0 aromatic rings. The van der Waals surface area contributed by atoms with Gasteiger partial charge in [0.1, 0.15) is 0 Å². The van der Waals surface area contributed by atoms with E-state index in [-0.39, 0.29) is 6.29 Å². The highest BCUT2D eigenvalue weighted by atomic mass is 16.7. The summed E-state index contributed by atoms with van der Waals surface area (Å²) in [6.07, 6.45) is 10.4. The van der Waals surface area contributed by atoms with Gasteiger partial charge in [0, 0.05) is 5.92 Å². The van der Waals surface area contributed by atoms with Gasteiger partial charge in [0.25, 0.3) is 0 Å². The van der Waals surface area contributed by atoms with Crippen LogP contribution in [0, 0.1) is 5.92 Å². The lowest BCUT2D eigenvalue weighted by Crippen LogP contribution is -2.39. The molecule has 0 aromatic heterocycles. The first-order valence-corrected chi connectivity index (χ1v) is 7.58. The van der Waals surface area contributed by atoms with Crippen LogP contribution in [-0.4, -0.2) is 19.0 Å². The van der Waals surface area contributed by atoms with Crippen LogP contribution in [0.2, 0.25) is 0 Å². The van der Waals surface area contributed by atoms with E-state index in [0.717, 1.165) is 13.0 Å². The lowest BCUT2D eigenvalue weighted by Gasteiger charge is -2.36. The molecule has 1 aliphatic rings. The molecule has 17 heavy (non-hydrogen) atoms. The van der Waals surface area contributed by atoms with Gasteiger partial charge >= 0.3 is 0 Å². The summed E-state index contributed by atoms with van der Waals surface area (Å²) in [5, 5.41) is 0. The molecule has 2 heteroatoms. The molecular formula is C15H30O2. The Labute approximate surface area is 107 Å². The van der Waals surface area contributed by atoms with Gasteiger partial charge in [-0.15, -0.1) is 0 Å². The van der Waals surface area contributed by atoms with Crippen molar-refractivity contribution in [3.63, 3.8) is 0 Å². The normalized spacial score (nSPS) is 29.5. The van der Waals surface area contributed by atoms with Crippen molar-refractivity contribution in [1.82, 2.24) is 0 Å². The third-order valence-electron chi connectivity index (χ3n) is 3.74. The van der Waals surface area contributed by atoms with Gasteiger partial charge in [-0.25, -0.2) is 0 Å². The number of ether oxygens (including phenoxy) is 2. The maximum Gasteiger partial charge on any atom is 0.157 e. The second-order valence-corrected chi connectivity index (χ2v) is 5.24. The van der Waals surface area contributed by atoms with Crippen molar-refractivity contribution in [1.29, 1.82) is 0 Å². The minimum Gasteiger partial charge on any atom is -0.352 e. The molecule has 1 fully saturated rings. The summed E-state index contributed by atoms with van der Waals surface area (Å²) in [4.78, 5) is 0. The van der Waals surface area contributed by atoms with E-state index in [1.165, 1.54) is 44.9 Å². The van der Waals surface area contributed by atoms with Crippen LogP contribution in [0.4, 0.5) is 0 Å². The Morgan fingerprint density at radius 2 is 1.76 bits per heavy atom. The average molecular weight is 242 g/mol. The molecule has 0 N–H and O–H groups in total. The summed E-state index contributed by atoms with van der Waals surface area (Å²) in [5.74, 6) is 0.613. The zero-order chi connectivity index (χ0) is 12.5. The van der Waals surface area contributed by atoms with E-state index in [9.17, 15) is 0 Å². The van der Waals surface area contributed by atoms with Crippen LogP contribution in [0.1, 0.15) is 72.1 Å². The molecule has 0 bridgehead atoms. The summed E-state index contributed by atoms with van der Waals surface area (Å²) in [5.41, 5.74) is 0. The summed E-state index contributed by atoms with van der Waals surface area (Å²) in [7, 11) is 0. The Hall–Kier alpha value is -0.0800. The summed E-state index contributed by atoms with van der Waals surface area (Å²) in [6, 6.07) is 0. The Morgan fingerprint density at radius 3 is 2.41 bits per heavy atom. The van der Waals surface area contributed by atoms with Gasteiger partial charge in [0.05, 0.1) is 12.7 Å². The van der Waals surface area contributed by atoms with Crippen LogP contribution in [0.3, 0.4) is 0 Å². The van der Waals surface area contributed by atoms with Crippen LogP contribution in [-0.2, 0) is 9.47 Å². The minimum absolute atomic E-state index is 0.0752. The van der Waals surface area contributed by atoms with Crippen LogP contribution >= 0.6 is 0 Å². The van der Waals surface area contributed by atoms with Crippen molar-refractivity contribution in [3.05, 3.63) is 0 Å². The van der Waals surface area contributed by atoms with Crippen molar-refractivity contribution in [2.75, 3.05) is 6.61 Å². The van der Waals surface area contributed by atoms with Gasteiger partial charge in [-0.3, -0.25) is 0 Å². The highest BCUT2D eigenvalue weighted by Crippen LogP contribution is 2.27. The Kier molecular flexibility index (Phi) is 7.87. The van der Waals surface area contributed by atoms with Crippen LogP contribution in [0.15, 0.2) is 0 Å². The van der Waals surface area contributed by atoms with Gasteiger partial charge in [0.15, 0.2) is 6.29 Å². The Bertz CT molecular complexity index is 182. The largest absolute Gasteiger partial charge is 0.352 e. The first-order chi connectivity index (χ1) is 8.31. The quantitative estimate of drug-likeness (QED) is 0.582. The fraction of sp³-hybridized carbons (Fsp3) is 1.00. The molecule has 1 aliphatic heterocycles. The van der Waals surface area contributed by atoms with E-state index in [2.05, 4.69) is 20.8 Å². The predicted molar refractivity (Wildman–Crippen MR) is 72.1 cm³/mol. The molecule has 3 atom stereocenters. The number of hydrogen-bond acceptors (Lipinski definition) is 2. The first-order valence-electron chi connectivity index (χ1n) is 7.58. The second kappa shape index (κ2) is 8.93. The zero-order valence-corrected chi connectivity index (χ0v) is 11.9. The maximum atomic E-state index is 6.09. The topological polar surface area (TPSA) is 18.5 Å². The molecule has 102 valence electrons. The summed E-state index contributed by atoms with van der Waals surface area (Å²) < 4.78 is 11.9. The van der Waals surface area contributed by atoms with E-state index in [1.54, 1.807) is 0 Å². The van der Waals surface area contributed by atoms with Crippen molar-refractivity contribution >= 4 is 0 Å². The standard InChI is InChI=1S/C15H30O2/c1-4-7-8-9-11-15-16-12-13(6-3)14(17-15)10-5-2/h13-15H,4-12H2,1-3H3/t13-,14-,15+/m0/s1. The van der Waals surface area contributed by atoms with Crippen molar-refractivity contribution in [2.45, 2.75) is 84.5 Å². The smallest absolute Gasteiger partial charge is 0.157 e. The molecule has 0 aliphatic carbocycles. The van der Waals surface area contributed by atoms with Crippen molar-refractivity contribution in [3.8, 4) is 0 Å². The highest BCUT2D eigenvalue weighted by molar-refractivity contribution is 4.73. The molecule has 0 saturated carbocycles. The van der Waals surface area contributed by atoms with E-state index >= 15 is 0 Å². The fourth-order valence-electron chi connectivity index (χ4n) is 2.54. The minimum atomic E-state index is 0.0752. The molecule has 1 heterocycles. The fourth-order valence-corrected chi connectivity index (χ4v) is 2.54. The molecule has 1 saturated heterocycles. The first kappa shape index (κ1) is 15.0. The number of rotatable bonds is 8. The number of hydrogen-bond donors (Lipinski definition) is 0. The second-order valence-electron chi connectivity index (χ2n) is 5.24. The van der Waals surface area contributed by atoms with Crippen molar-refractivity contribution in [2.24, 2.45) is 5.92 Å². The maximum absolute atomic E-state index is 6.09. The van der Waals surface area contributed by atoms with E-state index in [0.29, 0.717) is 12.0 Å². The molecule has 0 spiro atoms.